The van der Waals surface area contributed by atoms with Crippen molar-refractivity contribution in [3.8, 4) is 39.9 Å². The quantitative estimate of drug-likeness (QED) is 0.160. The van der Waals surface area contributed by atoms with Crippen LogP contribution in [0.5, 0.6) is 0 Å². The largest absolute Gasteiger partial charge is 0.309 e. The molecular weight excluding hydrogens is 815 g/mol. The Bertz CT molecular complexity index is 3540. The third-order valence-electron chi connectivity index (χ3n) is 14.2. The fourth-order valence-electron chi connectivity index (χ4n) is 10.9. The maximum absolute atomic E-state index is 5.23. The highest BCUT2D eigenvalue weighted by molar-refractivity contribution is 6.10. The standard InChI is InChI=1S/C62H47N5/c1-40-42(3)58(43(4)41(2)57(40)61-64-59(44-23-9-5-10-24-44)63-60(65-61)45-25-11-6-12-26-45)67-55-35-21-18-32-51(55)62(46-27-13-7-14-28-46,52-33-19-22-36-56(52)67)47-37-38-54-50(39-47)49-31-17-20-34-53(49)66(54)48-29-15-8-16-30-48/h5-39H,1-4H3. The number of benzene rings is 9. The highest BCUT2D eigenvalue weighted by Gasteiger charge is 2.47. The van der Waals surface area contributed by atoms with Crippen molar-refractivity contribution in [1.82, 2.24) is 19.5 Å². The Morgan fingerprint density at radius 2 is 0.836 bits per heavy atom. The summed E-state index contributed by atoms with van der Waals surface area (Å²) < 4.78 is 2.40. The van der Waals surface area contributed by atoms with E-state index in [2.05, 4.69) is 213 Å². The van der Waals surface area contributed by atoms with Crippen LogP contribution in [0.2, 0.25) is 0 Å². The molecule has 3 heterocycles. The van der Waals surface area contributed by atoms with Gasteiger partial charge in [0, 0.05) is 33.2 Å². The Morgan fingerprint density at radius 1 is 0.373 bits per heavy atom. The lowest BCUT2D eigenvalue weighted by Gasteiger charge is -2.47. The average Bonchev–Trinajstić information content (AvgIpc) is 3.73. The smallest absolute Gasteiger partial charge is 0.164 e. The van der Waals surface area contributed by atoms with Gasteiger partial charge in [-0.3, -0.25) is 0 Å². The Balaban J connectivity index is 1.10. The predicted molar refractivity (Wildman–Crippen MR) is 276 cm³/mol. The van der Waals surface area contributed by atoms with Crippen molar-refractivity contribution in [2.45, 2.75) is 33.1 Å². The first-order chi connectivity index (χ1) is 32.9. The minimum Gasteiger partial charge on any atom is -0.309 e. The summed E-state index contributed by atoms with van der Waals surface area (Å²) in [6, 6.07) is 76.3. The monoisotopic (exact) mass is 861 g/mol. The minimum absolute atomic E-state index is 0.654. The minimum atomic E-state index is -0.659. The topological polar surface area (TPSA) is 46.8 Å². The molecule has 2 aromatic heterocycles. The second-order valence-electron chi connectivity index (χ2n) is 17.7. The first kappa shape index (κ1) is 40.1. The van der Waals surface area contributed by atoms with Gasteiger partial charge in [-0.2, -0.15) is 0 Å². The predicted octanol–water partition coefficient (Wildman–Crippen LogP) is 15.4. The van der Waals surface area contributed by atoms with E-state index in [0.29, 0.717) is 17.5 Å². The molecule has 0 saturated carbocycles. The number of anilines is 3. The van der Waals surface area contributed by atoms with Gasteiger partial charge in [0.2, 0.25) is 0 Å². The van der Waals surface area contributed by atoms with Gasteiger partial charge >= 0.3 is 0 Å². The van der Waals surface area contributed by atoms with Gasteiger partial charge in [-0.15, -0.1) is 0 Å². The van der Waals surface area contributed by atoms with Crippen LogP contribution in [0.3, 0.4) is 0 Å². The Labute approximate surface area is 391 Å². The number of aromatic nitrogens is 4. The summed E-state index contributed by atoms with van der Waals surface area (Å²) in [4.78, 5) is 18.0. The Morgan fingerprint density at radius 3 is 1.42 bits per heavy atom. The summed E-state index contributed by atoms with van der Waals surface area (Å²) in [5, 5.41) is 2.45. The van der Waals surface area contributed by atoms with Gasteiger partial charge < -0.3 is 9.47 Å². The zero-order valence-electron chi connectivity index (χ0n) is 37.9. The van der Waals surface area contributed by atoms with Crippen molar-refractivity contribution in [1.29, 1.82) is 0 Å². The van der Waals surface area contributed by atoms with E-state index in [9.17, 15) is 0 Å². The molecule has 0 atom stereocenters. The van der Waals surface area contributed by atoms with Crippen LogP contribution in [0.1, 0.15) is 44.5 Å². The summed E-state index contributed by atoms with van der Waals surface area (Å²) >= 11 is 0. The zero-order valence-corrected chi connectivity index (χ0v) is 37.9. The molecular formula is C62H47N5. The Hall–Kier alpha value is -8.41. The summed E-state index contributed by atoms with van der Waals surface area (Å²) in [5.41, 5.74) is 18.8. The van der Waals surface area contributed by atoms with Crippen LogP contribution in [0.15, 0.2) is 212 Å². The van der Waals surface area contributed by atoms with Crippen LogP contribution in [-0.4, -0.2) is 19.5 Å². The van der Waals surface area contributed by atoms with Gasteiger partial charge in [0.25, 0.3) is 0 Å². The van der Waals surface area contributed by atoms with E-state index in [0.717, 1.165) is 44.9 Å². The van der Waals surface area contributed by atoms with Crippen LogP contribution < -0.4 is 4.90 Å². The number of para-hydroxylation sites is 4. The van der Waals surface area contributed by atoms with Crippen LogP contribution in [0.25, 0.3) is 61.7 Å². The van der Waals surface area contributed by atoms with E-state index in [4.69, 9.17) is 15.0 Å². The third-order valence-corrected chi connectivity index (χ3v) is 14.2. The maximum atomic E-state index is 5.23. The first-order valence-corrected chi connectivity index (χ1v) is 23.0. The van der Waals surface area contributed by atoms with Crippen LogP contribution >= 0.6 is 0 Å². The highest BCUT2D eigenvalue weighted by atomic mass is 15.2. The summed E-state index contributed by atoms with van der Waals surface area (Å²) in [6.45, 7) is 8.98. The molecule has 5 heteroatoms. The molecule has 11 aromatic rings. The lowest BCUT2D eigenvalue weighted by atomic mass is 9.62. The van der Waals surface area contributed by atoms with Crippen molar-refractivity contribution < 1.29 is 0 Å². The molecule has 1 aliphatic rings. The molecule has 0 bridgehead atoms. The van der Waals surface area contributed by atoms with Crippen LogP contribution in [-0.2, 0) is 5.41 Å². The molecule has 12 rings (SSSR count). The summed E-state index contributed by atoms with van der Waals surface area (Å²) in [7, 11) is 0. The van der Waals surface area contributed by atoms with Crippen molar-refractivity contribution >= 4 is 38.9 Å². The Kier molecular flexibility index (Phi) is 9.54. The first-order valence-electron chi connectivity index (χ1n) is 23.0. The number of hydrogen-bond acceptors (Lipinski definition) is 4. The molecule has 67 heavy (non-hydrogen) atoms. The third kappa shape index (κ3) is 6.19. The molecule has 0 N–H and O–H groups in total. The van der Waals surface area contributed by atoms with Gasteiger partial charge in [0.15, 0.2) is 17.5 Å². The van der Waals surface area contributed by atoms with Gasteiger partial charge in [-0.05, 0) is 115 Å². The molecule has 0 amide bonds. The van der Waals surface area contributed by atoms with Crippen LogP contribution in [0, 0.1) is 27.7 Å². The van der Waals surface area contributed by atoms with E-state index in [-0.39, 0.29) is 0 Å². The number of fused-ring (bicyclic) bond motifs is 5. The second-order valence-corrected chi connectivity index (χ2v) is 17.7. The molecule has 9 aromatic carbocycles. The van der Waals surface area contributed by atoms with E-state index in [1.807, 2.05) is 36.4 Å². The van der Waals surface area contributed by atoms with Gasteiger partial charge in [-0.25, -0.2) is 15.0 Å². The van der Waals surface area contributed by atoms with Crippen molar-refractivity contribution in [3.63, 3.8) is 0 Å². The SMILES string of the molecule is Cc1c(C)c(N2c3ccccc3C(c3ccccc3)(c3ccc4c(c3)c3ccccc3n4-c3ccccc3)c3ccccc32)c(C)c(C)c1-c1nc(-c2ccccc2)nc(-c2ccccc2)n1. The molecule has 0 radical (unpaired) electrons. The van der Waals surface area contributed by atoms with Gasteiger partial charge in [0.1, 0.15) is 0 Å². The summed E-state index contributed by atoms with van der Waals surface area (Å²) in [6.07, 6.45) is 0. The van der Waals surface area contributed by atoms with E-state index >= 15 is 0 Å². The maximum Gasteiger partial charge on any atom is 0.164 e. The van der Waals surface area contributed by atoms with E-state index in [1.165, 1.54) is 60.9 Å². The average molecular weight is 862 g/mol. The normalized spacial score (nSPS) is 12.9. The fraction of sp³-hybridized carbons (Fsp3) is 0.0806. The fourth-order valence-corrected chi connectivity index (χ4v) is 10.9. The lowest BCUT2D eigenvalue weighted by molar-refractivity contribution is 0.732. The lowest BCUT2D eigenvalue weighted by Crippen LogP contribution is -2.38. The molecule has 0 aliphatic carbocycles. The molecule has 320 valence electrons. The van der Waals surface area contributed by atoms with E-state index in [1.54, 1.807) is 0 Å². The number of hydrogen-bond donors (Lipinski definition) is 0. The second kappa shape index (κ2) is 15.9. The van der Waals surface area contributed by atoms with E-state index < -0.39 is 5.41 Å². The summed E-state index contributed by atoms with van der Waals surface area (Å²) in [5.74, 6) is 1.98. The molecule has 0 spiro atoms. The number of rotatable bonds is 7. The molecule has 5 nitrogen and oxygen atoms in total. The zero-order chi connectivity index (χ0) is 45.2. The molecule has 0 fully saturated rings. The molecule has 0 saturated heterocycles. The van der Waals surface area contributed by atoms with Crippen molar-refractivity contribution in [3.05, 3.63) is 257 Å². The van der Waals surface area contributed by atoms with Gasteiger partial charge in [-0.1, -0.05) is 170 Å². The van der Waals surface area contributed by atoms with Crippen molar-refractivity contribution in [2.75, 3.05) is 4.90 Å². The van der Waals surface area contributed by atoms with Crippen molar-refractivity contribution in [2.24, 2.45) is 0 Å². The molecule has 0 unspecified atom stereocenters. The molecule has 1 aliphatic heterocycles. The van der Waals surface area contributed by atoms with Gasteiger partial charge in [0.05, 0.1) is 33.5 Å². The van der Waals surface area contributed by atoms with Crippen LogP contribution in [0.4, 0.5) is 17.1 Å². The highest BCUT2D eigenvalue weighted by Crippen LogP contribution is 2.59. The number of nitrogens with zero attached hydrogens (tertiary/aromatic N) is 5.